The summed E-state index contributed by atoms with van der Waals surface area (Å²) in [7, 11) is 0. The van der Waals surface area contributed by atoms with Gasteiger partial charge >= 0.3 is 0 Å². The van der Waals surface area contributed by atoms with Crippen molar-refractivity contribution in [3.05, 3.63) is 35.4 Å². The van der Waals surface area contributed by atoms with E-state index >= 15 is 0 Å². The van der Waals surface area contributed by atoms with Gasteiger partial charge in [-0.05, 0) is 41.2 Å². The summed E-state index contributed by atoms with van der Waals surface area (Å²) in [6.07, 6.45) is 3.99. The maximum atomic E-state index is 3.71. The highest BCUT2D eigenvalue weighted by molar-refractivity contribution is 5.27. The number of hydrogen-bond donors (Lipinski definition) is 1. The molecular weight excluding hydrogens is 230 g/mol. The molecule has 0 saturated heterocycles. The second-order valence-electron chi connectivity index (χ2n) is 7.93. The number of nitrogens with one attached hydrogen (secondary N) is 1. The van der Waals surface area contributed by atoms with E-state index in [4.69, 9.17) is 0 Å². The minimum atomic E-state index is 0.251. The van der Waals surface area contributed by atoms with Crippen LogP contribution in [0.5, 0.6) is 0 Å². The fraction of sp³-hybridized carbons (Fsp3) is 0.667. The van der Waals surface area contributed by atoms with Crippen molar-refractivity contribution < 1.29 is 0 Å². The Morgan fingerprint density at radius 1 is 1.16 bits per heavy atom. The topological polar surface area (TPSA) is 12.0 Å². The maximum Gasteiger partial charge on any atom is 0.0208 e. The van der Waals surface area contributed by atoms with Crippen LogP contribution in [0.25, 0.3) is 0 Å². The predicted molar refractivity (Wildman–Crippen MR) is 83.4 cm³/mol. The molecule has 106 valence electrons. The quantitative estimate of drug-likeness (QED) is 0.833. The average Bonchev–Trinajstić information content (AvgIpc) is 2.66. The zero-order valence-corrected chi connectivity index (χ0v) is 13.2. The number of benzene rings is 1. The van der Waals surface area contributed by atoms with E-state index < -0.39 is 0 Å². The summed E-state index contributed by atoms with van der Waals surface area (Å²) in [6.45, 7) is 12.6. The van der Waals surface area contributed by atoms with Crippen LogP contribution in [0.1, 0.15) is 65.0 Å². The molecular formula is C18H29N. The van der Waals surface area contributed by atoms with Gasteiger partial charge in [-0.25, -0.2) is 0 Å². The molecule has 1 aliphatic rings. The first-order valence-electron chi connectivity index (χ1n) is 7.59. The maximum absolute atomic E-state index is 3.71. The Morgan fingerprint density at radius 3 is 2.26 bits per heavy atom. The standard InChI is InChI=1S/C18H29N/c1-17(2,3)15-8-6-14(7-9-15)13-19-16-10-11-18(4,5)12-16/h6-9,16,19H,10-13H2,1-5H3. The lowest BCUT2D eigenvalue weighted by Gasteiger charge is -2.20. The second-order valence-corrected chi connectivity index (χ2v) is 7.93. The van der Waals surface area contributed by atoms with Gasteiger partial charge in [-0.1, -0.05) is 58.9 Å². The van der Waals surface area contributed by atoms with Crippen LogP contribution in [0.15, 0.2) is 24.3 Å². The third-order valence-electron chi connectivity index (χ3n) is 4.38. The van der Waals surface area contributed by atoms with Gasteiger partial charge in [0.2, 0.25) is 0 Å². The fourth-order valence-electron chi connectivity index (χ4n) is 3.00. The molecule has 1 atom stereocenters. The van der Waals surface area contributed by atoms with Gasteiger partial charge in [0.25, 0.3) is 0 Å². The molecule has 0 spiro atoms. The molecule has 0 heterocycles. The van der Waals surface area contributed by atoms with Gasteiger partial charge in [-0.15, -0.1) is 0 Å². The Morgan fingerprint density at radius 2 is 1.79 bits per heavy atom. The van der Waals surface area contributed by atoms with Crippen LogP contribution < -0.4 is 5.32 Å². The fourth-order valence-corrected chi connectivity index (χ4v) is 3.00. The van der Waals surface area contributed by atoms with Crippen molar-refractivity contribution in [3.63, 3.8) is 0 Å². The van der Waals surface area contributed by atoms with Crippen LogP contribution in [0, 0.1) is 5.41 Å². The summed E-state index contributed by atoms with van der Waals surface area (Å²) in [6, 6.07) is 9.80. The van der Waals surface area contributed by atoms with Gasteiger partial charge in [0.15, 0.2) is 0 Å². The van der Waals surface area contributed by atoms with Gasteiger partial charge < -0.3 is 5.32 Å². The van der Waals surface area contributed by atoms with E-state index in [9.17, 15) is 0 Å². The summed E-state index contributed by atoms with van der Waals surface area (Å²) in [4.78, 5) is 0. The Kier molecular flexibility index (Phi) is 4.06. The summed E-state index contributed by atoms with van der Waals surface area (Å²) >= 11 is 0. The highest BCUT2D eigenvalue weighted by atomic mass is 14.9. The zero-order valence-electron chi connectivity index (χ0n) is 13.2. The van der Waals surface area contributed by atoms with Gasteiger partial charge in [0.1, 0.15) is 0 Å². The van der Waals surface area contributed by atoms with Crippen LogP contribution in [-0.4, -0.2) is 6.04 Å². The highest BCUT2D eigenvalue weighted by Gasteiger charge is 2.30. The smallest absolute Gasteiger partial charge is 0.0208 e. The lowest BCUT2D eigenvalue weighted by atomic mass is 9.87. The molecule has 1 unspecified atom stereocenters. The van der Waals surface area contributed by atoms with E-state index in [1.165, 1.54) is 30.4 Å². The third kappa shape index (κ3) is 4.07. The summed E-state index contributed by atoms with van der Waals surface area (Å²) in [5.74, 6) is 0. The van der Waals surface area contributed by atoms with Crippen molar-refractivity contribution in [1.29, 1.82) is 0 Å². The Balaban J connectivity index is 1.87. The minimum Gasteiger partial charge on any atom is -0.310 e. The second kappa shape index (κ2) is 5.28. The van der Waals surface area contributed by atoms with Crippen LogP contribution in [0.3, 0.4) is 0 Å². The van der Waals surface area contributed by atoms with Gasteiger partial charge in [0.05, 0.1) is 0 Å². The van der Waals surface area contributed by atoms with Crippen LogP contribution in [-0.2, 0) is 12.0 Å². The SMILES string of the molecule is CC1(C)CCC(NCc2ccc(C(C)(C)C)cc2)C1. The van der Waals surface area contributed by atoms with Crippen molar-refractivity contribution in [2.24, 2.45) is 5.41 Å². The third-order valence-corrected chi connectivity index (χ3v) is 4.38. The van der Waals surface area contributed by atoms with E-state index in [1.54, 1.807) is 0 Å². The lowest BCUT2D eigenvalue weighted by molar-refractivity contribution is 0.364. The van der Waals surface area contributed by atoms with E-state index in [2.05, 4.69) is 64.2 Å². The highest BCUT2D eigenvalue weighted by Crippen LogP contribution is 2.37. The van der Waals surface area contributed by atoms with E-state index in [0.717, 1.165) is 6.54 Å². The zero-order chi connectivity index (χ0) is 14.1. The van der Waals surface area contributed by atoms with Gasteiger partial charge in [0, 0.05) is 12.6 Å². The van der Waals surface area contributed by atoms with Crippen LogP contribution >= 0.6 is 0 Å². The molecule has 1 aliphatic carbocycles. The molecule has 1 aromatic rings. The van der Waals surface area contributed by atoms with Crippen molar-refractivity contribution >= 4 is 0 Å². The molecule has 0 bridgehead atoms. The predicted octanol–water partition coefficient (Wildman–Crippen LogP) is 4.65. The van der Waals surface area contributed by atoms with E-state index in [-0.39, 0.29) is 5.41 Å². The molecule has 0 radical (unpaired) electrons. The van der Waals surface area contributed by atoms with Crippen molar-refractivity contribution in [2.45, 2.75) is 71.9 Å². The Hall–Kier alpha value is -0.820. The molecule has 2 rings (SSSR count). The molecule has 1 aromatic carbocycles. The molecule has 0 amide bonds. The van der Waals surface area contributed by atoms with Crippen molar-refractivity contribution in [1.82, 2.24) is 5.32 Å². The summed E-state index contributed by atoms with van der Waals surface area (Å²) in [5.41, 5.74) is 3.60. The minimum absolute atomic E-state index is 0.251. The van der Waals surface area contributed by atoms with Crippen molar-refractivity contribution in [3.8, 4) is 0 Å². The van der Waals surface area contributed by atoms with Crippen LogP contribution in [0.4, 0.5) is 0 Å². The van der Waals surface area contributed by atoms with E-state index in [0.29, 0.717) is 11.5 Å². The van der Waals surface area contributed by atoms with Crippen LogP contribution in [0.2, 0.25) is 0 Å². The molecule has 1 heteroatoms. The number of rotatable bonds is 3. The first-order chi connectivity index (χ1) is 8.76. The monoisotopic (exact) mass is 259 g/mol. The Labute approximate surface area is 118 Å². The molecule has 19 heavy (non-hydrogen) atoms. The Bertz CT molecular complexity index is 408. The molecule has 1 fully saturated rings. The normalized spacial score (nSPS) is 22.7. The summed E-state index contributed by atoms with van der Waals surface area (Å²) in [5, 5.41) is 3.71. The lowest BCUT2D eigenvalue weighted by Crippen LogP contribution is -2.26. The average molecular weight is 259 g/mol. The first-order valence-corrected chi connectivity index (χ1v) is 7.59. The molecule has 1 N–H and O–H groups in total. The summed E-state index contributed by atoms with van der Waals surface area (Å²) < 4.78 is 0. The molecule has 1 saturated carbocycles. The van der Waals surface area contributed by atoms with E-state index in [1.807, 2.05) is 0 Å². The van der Waals surface area contributed by atoms with Gasteiger partial charge in [-0.3, -0.25) is 0 Å². The van der Waals surface area contributed by atoms with Gasteiger partial charge in [-0.2, -0.15) is 0 Å². The molecule has 0 aliphatic heterocycles. The first kappa shape index (κ1) is 14.6. The molecule has 0 aromatic heterocycles. The molecule has 1 nitrogen and oxygen atoms in total. The van der Waals surface area contributed by atoms with Crippen molar-refractivity contribution in [2.75, 3.05) is 0 Å². The largest absolute Gasteiger partial charge is 0.310 e. The number of hydrogen-bond acceptors (Lipinski definition) is 1.